The minimum atomic E-state index is -0.230. The van der Waals surface area contributed by atoms with Crippen LogP contribution in [0.2, 0.25) is 5.02 Å². The summed E-state index contributed by atoms with van der Waals surface area (Å²) in [6, 6.07) is 10.9. The van der Waals surface area contributed by atoms with Crippen molar-refractivity contribution in [1.29, 1.82) is 0 Å². The van der Waals surface area contributed by atoms with Gasteiger partial charge in [-0.2, -0.15) is 0 Å². The maximum absolute atomic E-state index is 12.6. The van der Waals surface area contributed by atoms with E-state index in [1.165, 1.54) is 6.26 Å². The van der Waals surface area contributed by atoms with Gasteiger partial charge in [0.2, 0.25) is 0 Å². The molecule has 10 heteroatoms. The predicted octanol–water partition coefficient (Wildman–Crippen LogP) is 2.11. The van der Waals surface area contributed by atoms with Gasteiger partial charge < -0.3 is 14.1 Å². The fraction of sp³-hybridized carbons (Fsp3) is 0.400. The van der Waals surface area contributed by atoms with E-state index >= 15 is 0 Å². The lowest BCUT2D eigenvalue weighted by Gasteiger charge is -2.38. The standard InChI is InChI=1S/C20H23ClN6O3/c1-29-14-12-27-19(22-23-24-27)18(15-5-2-3-6-16(15)21)25-8-10-26(11-9-25)20(28)17-7-4-13-30-17/h2-7,13,18H,8-12,14H2,1H3/t18-/m1/s1. The molecule has 9 nitrogen and oxygen atoms in total. The number of hydrogen-bond donors (Lipinski definition) is 0. The number of amides is 1. The lowest BCUT2D eigenvalue weighted by atomic mass is 10.0. The van der Waals surface area contributed by atoms with Crippen molar-refractivity contribution >= 4 is 17.5 Å². The summed E-state index contributed by atoms with van der Waals surface area (Å²) in [5, 5.41) is 13.0. The summed E-state index contributed by atoms with van der Waals surface area (Å²) in [6.07, 6.45) is 1.51. The van der Waals surface area contributed by atoms with Gasteiger partial charge in [-0.1, -0.05) is 29.8 Å². The van der Waals surface area contributed by atoms with Crippen molar-refractivity contribution in [1.82, 2.24) is 30.0 Å². The topological polar surface area (TPSA) is 89.5 Å². The second-order valence-electron chi connectivity index (χ2n) is 6.98. The minimum absolute atomic E-state index is 0.0983. The normalized spacial score (nSPS) is 16.0. The fourth-order valence-electron chi connectivity index (χ4n) is 3.68. The molecule has 0 spiro atoms. The van der Waals surface area contributed by atoms with Crippen LogP contribution in [0, 0.1) is 0 Å². The van der Waals surface area contributed by atoms with Gasteiger partial charge in [-0.15, -0.1) is 5.10 Å². The number of hydrogen-bond acceptors (Lipinski definition) is 7. The summed E-state index contributed by atoms with van der Waals surface area (Å²) in [5.41, 5.74) is 0.929. The Bertz CT molecular complexity index is 969. The maximum atomic E-state index is 12.6. The average Bonchev–Trinajstić information content (AvgIpc) is 3.46. The van der Waals surface area contributed by atoms with Gasteiger partial charge in [-0.3, -0.25) is 9.69 Å². The Kier molecular flexibility index (Phi) is 6.41. The van der Waals surface area contributed by atoms with E-state index in [9.17, 15) is 4.79 Å². The first-order chi connectivity index (χ1) is 14.7. The number of aromatic nitrogens is 4. The lowest BCUT2D eigenvalue weighted by molar-refractivity contribution is 0.0558. The number of furan rings is 1. The molecule has 0 radical (unpaired) electrons. The maximum Gasteiger partial charge on any atom is 0.289 e. The Balaban J connectivity index is 1.58. The van der Waals surface area contributed by atoms with E-state index in [-0.39, 0.29) is 11.9 Å². The van der Waals surface area contributed by atoms with E-state index in [1.807, 2.05) is 24.3 Å². The van der Waals surface area contributed by atoms with Crippen LogP contribution in [-0.2, 0) is 11.3 Å². The van der Waals surface area contributed by atoms with Gasteiger partial charge in [0, 0.05) is 38.3 Å². The zero-order valence-electron chi connectivity index (χ0n) is 16.6. The Morgan fingerprint density at radius 3 is 2.70 bits per heavy atom. The SMILES string of the molecule is COCCn1nnnc1[C@@H](c1ccccc1Cl)N1CCN(C(=O)c2ccco2)CC1. The van der Waals surface area contributed by atoms with Gasteiger partial charge in [0.15, 0.2) is 11.6 Å². The molecular weight excluding hydrogens is 408 g/mol. The smallest absolute Gasteiger partial charge is 0.289 e. The van der Waals surface area contributed by atoms with Crippen molar-refractivity contribution in [3.63, 3.8) is 0 Å². The lowest BCUT2D eigenvalue weighted by Crippen LogP contribution is -2.50. The van der Waals surface area contributed by atoms with Crippen molar-refractivity contribution in [2.24, 2.45) is 0 Å². The first-order valence-corrected chi connectivity index (χ1v) is 10.1. The Hall–Kier alpha value is -2.75. The molecule has 1 aromatic carbocycles. The highest BCUT2D eigenvalue weighted by Crippen LogP contribution is 2.32. The minimum Gasteiger partial charge on any atom is -0.459 e. The third-order valence-electron chi connectivity index (χ3n) is 5.21. The van der Waals surface area contributed by atoms with Gasteiger partial charge in [-0.05, 0) is 34.2 Å². The third-order valence-corrected chi connectivity index (χ3v) is 5.55. The van der Waals surface area contributed by atoms with Gasteiger partial charge in [0.05, 0.1) is 25.5 Å². The van der Waals surface area contributed by atoms with E-state index in [0.29, 0.717) is 55.9 Å². The van der Waals surface area contributed by atoms with Crippen molar-refractivity contribution in [2.75, 3.05) is 39.9 Å². The number of ether oxygens (including phenoxy) is 1. The quantitative estimate of drug-likeness (QED) is 0.567. The van der Waals surface area contributed by atoms with Gasteiger partial charge in [-0.25, -0.2) is 4.68 Å². The molecule has 1 aliphatic rings. The molecule has 0 N–H and O–H groups in total. The molecule has 0 bridgehead atoms. The van der Waals surface area contributed by atoms with Gasteiger partial charge in [0.1, 0.15) is 0 Å². The fourth-order valence-corrected chi connectivity index (χ4v) is 3.92. The largest absolute Gasteiger partial charge is 0.459 e. The Labute approximate surface area is 179 Å². The van der Waals surface area contributed by atoms with Crippen molar-refractivity contribution < 1.29 is 13.9 Å². The van der Waals surface area contributed by atoms with Gasteiger partial charge >= 0.3 is 0 Å². The van der Waals surface area contributed by atoms with Crippen LogP contribution < -0.4 is 0 Å². The number of carbonyl (C=O) groups is 1. The van der Waals surface area contributed by atoms with Gasteiger partial charge in [0.25, 0.3) is 5.91 Å². The highest BCUT2D eigenvalue weighted by Gasteiger charge is 2.33. The van der Waals surface area contributed by atoms with Crippen molar-refractivity contribution in [3.8, 4) is 0 Å². The molecule has 0 saturated carbocycles. The second-order valence-corrected chi connectivity index (χ2v) is 7.39. The van der Waals surface area contributed by atoms with E-state index in [4.69, 9.17) is 20.8 Å². The number of piperazine rings is 1. The van der Waals surface area contributed by atoms with E-state index in [1.54, 1.807) is 28.8 Å². The first-order valence-electron chi connectivity index (χ1n) is 9.75. The molecule has 1 aliphatic heterocycles. The second kappa shape index (κ2) is 9.38. The number of methoxy groups -OCH3 is 1. The van der Waals surface area contributed by atoms with Crippen molar-refractivity contribution in [3.05, 3.63) is 64.8 Å². The molecule has 2 aromatic heterocycles. The van der Waals surface area contributed by atoms with Crippen LogP contribution in [0.25, 0.3) is 0 Å². The molecule has 3 heterocycles. The Morgan fingerprint density at radius 1 is 1.20 bits per heavy atom. The Morgan fingerprint density at radius 2 is 2.00 bits per heavy atom. The molecular formula is C20H23ClN6O3. The molecule has 158 valence electrons. The van der Waals surface area contributed by atoms with Crippen LogP contribution in [-0.4, -0.2) is 75.8 Å². The van der Waals surface area contributed by atoms with Crippen molar-refractivity contribution in [2.45, 2.75) is 12.6 Å². The first kappa shape index (κ1) is 20.5. The molecule has 1 atom stereocenters. The number of rotatable bonds is 7. The van der Waals surface area contributed by atoms with Crippen LogP contribution in [0.3, 0.4) is 0 Å². The number of nitrogens with zero attached hydrogens (tertiary/aromatic N) is 6. The molecule has 30 heavy (non-hydrogen) atoms. The van der Waals surface area contributed by atoms with E-state index in [0.717, 1.165) is 5.56 Å². The van der Waals surface area contributed by atoms with Crippen LogP contribution in [0.4, 0.5) is 0 Å². The average molecular weight is 431 g/mol. The van der Waals surface area contributed by atoms with Crippen LogP contribution in [0.15, 0.2) is 47.1 Å². The number of carbonyl (C=O) groups excluding carboxylic acids is 1. The molecule has 3 aromatic rings. The zero-order valence-corrected chi connectivity index (χ0v) is 17.4. The molecule has 1 fully saturated rings. The van der Waals surface area contributed by atoms with Crippen LogP contribution in [0.5, 0.6) is 0 Å². The summed E-state index contributed by atoms with van der Waals surface area (Å²) in [7, 11) is 1.64. The van der Waals surface area contributed by atoms with Crippen LogP contribution >= 0.6 is 11.6 Å². The van der Waals surface area contributed by atoms with Crippen LogP contribution in [0.1, 0.15) is 28.0 Å². The molecule has 4 rings (SSSR count). The highest BCUT2D eigenvalue weighted by molar-refractivity contribution is 6.31. The summed E-state index contributed by atoms with van der Waals surface area (Å²) in [6.45, 7) is 3.48. The molecule has 1 saturated heterocycles. The summed E-state index contributed by atoms with van der Waals surface area (Å²) in [5.74, 6) is 0.958. The monoisotopic (exact) mass is 430 g/mol. The molecule has 0 unspecified atom stereocenters. The summed E-state index contributed by atoms with van der Waals surface area (Å²) in [4.78, 5) is 16.7. The number of tetrazole rings is 1. The van der Waals surface area contributed by atoms with E-state index < -0.39 is 0 Å². The summed E-state index contributed by atoms with van der Waals surface area (Å²) < 4.78 is 12.2. The summed E-state index contributed by atoms with van der Waals surface area (Å²) >= 11 is 6.55. The number of benzene rings is 1. The molecule has 1 amide bonds. The van der Waals surface area contributed by atoms with E-state index in [2.05, 4.69) is 20.4 Å². The predicted molar refractivity (Wildman–Crippen MR) is 109 cm³/mol. The highest BCUT2D eigenvalue weighted by atomic mass is 35.5. The molecule has 0 aliphatic carbocycles. The number of halogens is 1. The zero-order chi connectivity index (χ0) is 20.9. The third kappa shape index (κ3) is 4.23.